The lowest BCUT2D eigenvalue weighted by Crippen LogP contribution is -2.40. The molecule has 4 rings (SSSR count). The second-order valence-corrected chi connectivity index (χ2v) is 8.78. The van der Waals surface area contributed by atoms with Gasteiger partial charge in [-0.2, -0.15) is 0 Å². The van der Waals surface area contributed by atoms with Gasteiger partial charge in [0.1, 0.15) is 5.54 Å². The molecule has 1 aromatic carbocycles. The van der Waals surface area contributed by atoms with Gasteiger partial charge in [-0.25, -0.2) is 0 Å². The summed E-state index contributed by atoms with van der Waals surface area (Å²) < 4.78 is 0. The van der Waals surface area contributed by atoms with Crippen molar-refractivity contribution in [3.63, 3.8) is 0 Å². The molecule has 1 aromatic heterocycles. The second kappa shape index (κ2) is 8.58. The molecule has 0 radical (unpaired) electrons. The lowest BCUT2D eigenvalue weighted by molar-refractivity contribution is 0.0827. The maximum absolute atomic E-state index is 12.2. The van der Waals surface area contributed by atoms with Crippen LogP contribution in [0.4, 0.5) is 0 Å². The minimum absolute atomic E-state index is 0.0196. The van der Waals surface area contributed by atoms with E-state index in [1.165, 1.54) is 11.1 Å². The van der Waals surface area contributed by atoms with Crippen LogP contribution >= 0.6 is 0 Å². The monoisotopic (exact) mass is 427 g/mol. The maximum Gasteiger partial charge on any atom is 0.253 e. The summed E-state index contributed by atoms with van der Waals surface area (Å²) in [6, 6.07) is 11.1. The van der Waals surface area contributed by atoms with Crippen molar-refractivity contribution in [2.24, 2.45) is 10.9 Å². The zero-order valence-corrected chi connectivity index (χ0v) is 19.1. The van der Waals surface area contributed by atoms with Crippen LogP contribution in [0.15, 0.2) is 75.6 Å². The van der Waals surface area contributed by atoms with Gasteiger partial charge in [0.15, 0.2) is 0 Å². The Balaban J connectivity index is 1.69. The number of carbonyl (C=O) groups excluding carboxylic acids is 1. The molecule has 0 saturated carbocycles. The van der Waals surface area contributed by atoms with Crippen LogP contribution in [0.1, 0.15) is 47.4 Å². The number of carbonyl (C=O) groups is 1. The van der Waals surface area contributed by atoms with Gasteiger partial charge in [-0.1, -0.05) is 35.9 Å². The fraction of sp³-hybridized carbons (Fsp3) is 0.296. The van der Waals surface area contributed by atoms with Gasteiger partial charge in [-0.3, -0.25) is 14.6 Å². The van der Waals surface area contributed by atoms with Crippen molar-refractivity contribution in [1.82, 2.24) is 9.88 Å². The average molecular weight is 428 g/mol. The van der Waals surface area contributed by atoms with Crippen LogP contribution in [0.25, 0.3) is 6.08 Å². The number of pyridine rings is 1. The van der Waals surface area contributed by atoms with Crippen LogP contribution in [0.5, 0.6) is 0 Å². The summed E-state index contributed by atoms with van der Waals surface area (Å²) in [6.45, 7) is 4.23. The van der Waals surface area contributed by atoms with Crippen molar-refractivity contribution in [3.05, 3.63) is 98.5 Å². The molecular formula is C27H29N3O2. The van der Waals surface area contributed by atoms with Gasteiger partial charge < -0.3 is 9.88 Å². The number of allylic oxidation sites excluding steroid dienone is 3. The van der Waals surface area contributed by atoms with E-state index in [1.807, 2.05) is 48.7 Å². The van der Waals surface area contributed by atoms with E-state index in [-0.39, 0.29) is 17.4 Å². The molecule has 2 aromatic rings. The Morgan fingerprint density at radius 2 is 2.06 bits per heavy atom. The highest BCUT2D eigenvalue weighted by molar-refractivity contribution is 5.94. The molecule has 2 bridgehead atoms. The first kappa shape index (κ1) is 21.8. The molecule has 1 N–H and O–H groups in total. The number of H-pyrrole nitrogens is 1. The average Bonchev–Trinajstić information content (AvgIpc) is 2.75. The van der Waals surface area contributed by atoms with E-state index in [0.717, 1.165) is 29.7 Å². The Bertz CT molecular complexity index is 1230. The van der Waals surface area contributed by atoms with Gasteiger partial charge in [-0.15, -0.1) is 0 Å². The summed E-state index contributed by atoms with van der Waals surface area (Å²) in [7, 11) is 3.50. The third kappa shape index (κ3) is 3.91. The molecule has 164 valence electrons. The quantitative estimate of drug-likeness (QED) is 0.576. The molecule has 2 aliphatic carbocycles. The lowest BCUT2D eigenvalue weighted by atomic mass is 9.63. The summed E-state index contributed by atoms with van der Waals surface area (Å²) in [5.74, 6) is 0.225. The number of nitrogens with one attached hydrogen (secondary N) is 1. The number of amides is 1. The van der Waals surface area contributed by atoms with Crippen LogP contribution in [-0.2, 0) is 12.0 Å². The van der Waals surface area contributed by atoms with E-state index in [2.05, 4.69) is 31.0 Å². The third-order valence-corrected chi connectivity index (χ3v) is 6.29. The molecule has 2 unspecified atom stereocenters. The Morgan fingerprint density at radius 1 is 1.25 bits per heavy atom. The maximum atomic E-state index is 12.2. The highest BCUT2D eigenvalue weighted by Crippen LogP contribution is 2.51. The molecule has 32 heavy (non-hydrogen) atoms. The number of rotatable bonds is 4. The van der Waals surface area contributed by atoms with Crippen molar-refractivity contribution in [2.75, 3.05) is 14.1 Å². The molecule has 5 nitrogen and oxygen atoms in total. The minimum atomic E-state index is -0.497. The molecule has 0 saturated heterocycles. The molecule has 0 spiro atoms. The number of fused-ring (bicyclic) bond motifs is 4. The molecule has 0 aliphatic heterocycles. The summed E-state index contributed by atoms with van der Waals surface area (Å²) in [4.78, 5) is 33.9. The van der Waals surface area contributed by atoms with Crippen LogP contribution in [0, 0.1) is 5.92 Å². The standard InChI is InChI=1S/C27H29N3O2/c1-5-22-21-14-18(2)17-27(22,23-11-12-25(31)29-24(23)16-21)28-13-7-9-19-8-6-10-20(15-19)26(32)30(3)4/h5-15,21H,16-17H2,1-4H3,(H,29,31)/b9-7+,22-5+,28-13+. The molecule has 0 fully saturated rings. The molecule has 5 heteroatoms. The number of aliphatic imine (C=N–C) groups is 1. The zero-order chi connectivity index (χ0) is 22.9. The lowest BCUT2D eigenvalue weighted by Gasteiger charge is -2.45. The number of hydrogen-bond acceptors (Lipinski definition) is 3. The van der Waals surface area contributed by atoms with Crippen molar-refractivity contribution in [2.45, 2.75) is 32.2 Å². The Kier molecular flexibility index (Phi) is 5.83. The first-order valence-corrected chi connectivity index (χ1v) is 10.9. The predicted octanol–water partition coefficient (Wildman–Crippen LogP) is 4.52. The van der Waals surface area contributed by atoms with Crippen LogP contribution in [0.3, 0.4) is 0 Å². The van der Waals surface area contributed by atoms with E-state index in [4.69, 9.17) is 4.99 Å². The highest BCUT2D eigenvalue weighted by Gasteiger charge is 2.46. The van der Waals surface area contributed by atoms with Gasteiger partial charge in [0.2, 0.25) is 5.56 Å². The topological polar surface area (TPSA) is 65.5 Å². The molecular weight excluding hydrogens is 398 g/mol. The Morgan fingerprint density at radius 3 is 2.81 bits per heavy atom. The number of nitrogens with zero attached hydrogens (tertiary/aromatic N) is 2. The second-order valence-electron chi connectivity index (χ2n) is 8.78. The minimum Gasteiger partial charge on any atom is -0.345 e. The smallest absolute Gasteiger partial charge is 0.253 e. The van der Waals surface area contributed by atoms with Gasteiger partial charge in [0.05, 0.1) is 0 Å². The van der Waals surface area contributed by atoms with Crippen molar-refractivity contribution in [3.8, 4) is 0 Å². The normalized spacial score (nSPS) is 23.4. The first-order valence-electron chi connectivity index (χ1n) is 10.9. The van der Waals surface area contributed by atoms with E-state index >= 15 is 0 Å². The van der Waals surface area contributed by atoms with Crippen LogP contribution in [0.2, 0.25) is 0 Å². The zero-order valence-electron chi connectivity index (χ0n) is 19.1. The summed E-state index contributed by atoms with van der Waals surface area (Å²) >= 11 is 0. The van der Waals surface area contributed by atoms with E-state index in [1.54, 1.807) is 25.1 Å². The van der Waals surface area contributed by atoms with E-state index in [9.17, 15) is 9.59 Å². The number of aromatic nitrogens is 1. The van der Waals surface area contributed by atoms with Gasteiger partial charge >= 0.3 is 0 Å². The number of aromatic amines is 1. The summed E-state index contributed by atoms with van der Waals surface area (Å²) in [6.07, 6.45) is 11.8. The highest BCUT2D eigenvalue weighted by atomic mass is 16.2. The molecule has 1 amide bonds. The van der Waals surface area contributed by atoms with E-state index in [0.29, 0.717) is 5.56 Å². The predicted molar refractivity (Wildman–Crippen MR) is 130 cm³/mol. The van der Waals surface area contributed by atoms with Gasteiger partial charge in [0, 0.05) is 55.5 Å². The van der Waals surface area contributed by atoms with Gasteiger partial charge in [-0.05, 0) is 55.7 Å². The Hall–Kier alpha value is -3.47. The van der Waals surface area contributed by atoms with E-state index < -0.39 is 5.54 Å². The summed E-state index contributed by atoms with van der Waals surface area (Å²) in [5, 5.41) is 0. The fourth-order valence-electron chi connectivity index (χ4n) is 5.01. The Labute approximate surface area is 188 Å². The molecule has 2 atom stereocenters. The molecule has 1 heterocycles. The SMILES string of the molecule is C/C=C1\C2C=C(C)CC1(/N=C/C=C/c1cccc(C(=O)N(C)C)c1)c1ccc(=O)[nH]c1C2. The number of hydrogen-bond donors (Lipinski definition) is 1. The van der Waals surface area contributed by atoms with Crippen molar-refractivity contribution < 1.29 is 4.79 Å². The number of benzene rings is 1. The van der Waals surface area contributed by atoms with Crippen LogP contribution in [-0.4, -0.2) is 36.1 Å². The van der Waals surface area contributed by atoms with Crippen molar-refractivity contribution >= 4 is 18.2 Å². The largest absolute Gasteiger partial charge is 0.345 e. The third-order valence-electron chi connectivity index (χ3n) is 6.29. The first-order chi connectivity index (χ1) is 15.3. The van der Waals surface area contributed by atoms with Crippen LogP contribution < -0.4 is 5.56 Å². The summed E-state index contributed by atoms with van der Waals surface area (Å²) in [5.41, 5.74) is 5.69. The molecule has 2 aliphatic rings. The fourth-order valence-corrected chi connectivity index (χ4v) is 5.01. The van der Waals surface area contributed by atoms with Gasteiger partial charge in [0.25, 0.3) is 5.91 Å². The van der Waals surface area contributed by atoms with Crippen molar-refractivity contribution in [1.29, 1.82) is 0 Å².